The Balaban J connectivity index is 2.83. The van der Waals surface area contributed by atoms with Crippen molar-refractivity contribution in [2.24, 2.45) is 11.3 Å². The van der Waals surface area contributed by atoms with E-state index in [2.05, 4.69) is 26.3 Å². The van der Waals surface area contributed by atoms with E-state index in [9.17, 15) is 4.39 Å². The molecule has 0 aromatic carbocycles. The van der Waals surface area contributed by atoms with Crippen LogP contribution in [0.25, 0.3) is 0 Å². The zero-order chi connectivity index (χ0) is 20.6. The highest BCUT2D eigenvalue weighted by Gasteiger charge is 2.37. The Bertz CT molecular complexity index is 693. The van der Waals surface area contributed by atoms with Crippen molar-refractivity contribution in [1.82, 2.24) is 0 Å². The molecule has 0 aromatic heterocycles. The zero-order valence-corrected chi connectivity index (χ0v) is 17.2. The molecular weight excluding hydrogens is 339 g/mol. The van der Waals surface area contributed by atoms with Gasteiger partial charge in [0.25, 0.3) is 0 Å². The van der Waals surface area contributed by atoms with Crippen molar-refractivity contribution in [3.63, 3.8) is 0 Å². The van der Waals surface area contributed by atoms with Crippen LogP contribution in [0.4, 0.5) is 4.39 Å². The number of rotatable bonds is 11. The standard InChI is InChI=1S/C24H33FO2/c1-17-14-23(25)24(6,16-17)20(4)12-11-18(2)19(3)15-22(21(5)27-8)10-9-13-26-7/h11-12,14-15,17H,2-5,9-10,13,16H2,1,6-8H3/b12-11-,22-15-/t17?,24-/m0/s1. The summed E-state index contributed by atoms with van der Waals surface area (Å²) in [6, 6.07) is 0. The summed E-state index contributed by atoms with van der Waals surface area (Å²) in [4.78, 5) is 0. The van der Waals surface area contributed by atoms with Gasteiger partial charge in [0.2, 0.25) is 0 Å². The van der Waals surface area contributed by atoms with Crippen molar-refractivity contribution < 1.29 is 13.9 Å². The monoisotopic (exact) mass is 372 g/mol. The lowest BCUT2D eigenvalue weighted by atomic mass is 9.80. The summed E-state index contributed by atoms with van der Waals surface area (Å²) in [5.41, 5.74) is 2.55. The van der Waals surface area contributed by atoms with Crippen LogP contribution in [0, 0.1) is 11.3 Å². The highest BCUT2D eigenvalue weighted by Crippen LogP contribution is 2.47. The maximum Gasteiger partial charge on any atom is 0.114 e. The molecule has 1 aliphatic rings. The fourth-order valence-corrected chi connectivity index (χ4v) is 3.14. The van der Waals surface area contributed by atoms with Crippen molar-refractivity contribution in [3.05, 3.63) is 84.5 Å². The lowest BCUT2D eigenvalue weighted by molar-refractivity contribution is 0.194. The number of halogens is 1. The summed E-state index contributed by atoms with van der Waals surface area (Å²) >= 11 is 0. The first-order valence-corrected chi connectivity index (χ1v) is 9.22. The lowest BCUT2D eigenvalue weighted by Crippen LogP contribution is -2.16. The van der Waals surface area contributed by atoms with Crippen LogP contribution in [0.2, 0.25) is 0 Å². The van der Waals surface area contributed by atoms with E-state index in [0.29, 0.717) is 12.4 Å². The number of allylic oxidation sites excluding steroid dienone is 9. The van der Waals surface area contributed by atoms with Crippen molar-refractivity contribution in [3.8, 4) is 0 Å². The molecule has 2 atom stereocenters. The lowest BCUT2D eigenvalue weighted by Gasteiger charge is -2.25. The van der Waals surface area contributed by atoms with E-state index < -0.39 is 5.41 Å². The molecule has 0 N–H and O–H groups in total. The van der Waals surface area contributed by atoms with Gasteiger partial charge in [0.15, 0.2) is 0 Å². The second-order valence-corrected chi connectivity index (χ2v) is 7.33. The SMILES string of the molecule is C=C(/C=C\C(=C)[C@]1(C)CC(C)C=C1F)C(=C)/C=C(/CCCOC)C(=C)OC. The molecular formula is C24H33FO2. The van der Waals surface area contributed by atoms with Crippen LogP contribution in [0.1, 0.15) is 33.1 Å². The predicted octanol–water partition coefficient (Wildman–Crippen LogP) is 6.62. The molecule has 0 saturated carbocycles. The van der Waals surface area contributed by atoms with Gasteiger partial charge in [-0.25, -0.2) is 4.39 Å². The van der Waals surface area contributed by atoms with Gasteiger partial charge in [0.1, 0.15) is 11.6 Å². The molecule has 0 amide bonds. The summed E-state index contributed by atoms with van der Waals surface area (Å²) in [6.45, 7) is 20.7. The third kappa shape index (κ3) is 6.21. The maximum absolute atomic E-state index is 14.3. The Morgan fingerprint density at radius 1 is 1.22 bits per heavy atom. The van der Waals surface area contributed by atoms with Gasteiger partial charge in [-0.2, -0.15) is 0 Å². The summed E-state index contributed by atoms with van der Waals surface area (Å²) < 4.78 is 24.7. The molecule has 1 rings (SSSR count). The topological polar surface area (TPSA) is 18.5 Å². The van der Waals surface area contributed by atoms with Crippen LogP contribution in [0.15, 0.2) is 84.5 Å². The second kappa shape index (κ2) is 10.3. The smallest absolute Gasteiger partial charge is 0.114 e. The first-order valence-electron chi connectivity index (χ1n) is 9.22. The van der Waals surface area contributed by atoms with Crippen molar-refractivity contribution >= 4 is 0 Å². The largest absolute Gasteiger partial charge is 0.497 e. The molecule has 0 fully saturated rings. The Kier molecular flexibility index (Phi) is 8.71. The minimum absolute atomic E-state index is 0.106. The minimum Gasteiger partial charge on any atom is -0.497 e. The van der Waals surface area contributed by atoms with E-state index in [0.717, 1.165) is 41.6 Å². The van der Waals surface area contributed by atoms with Gasteiger partial charge in [-0.3, -0.25) is 0 Å². The number of hydrogen-bond acceptors (Lipinski definition) is 2. The van der Waals surface area contributed by atoms with Gasteiger partial charge in [0, 0.05) is 19.1 Å². The maximum atomic E-state index is 14.3. The molecule has 3 heteroatoms. The average Bonchev–Trinajstić information content (AvgIpc) is 2.90. The molecule has 0 spiro atoms. The molecule has 0 bridgehead atoms. The number of ether oxygens (including phenoxy) is 2. The average molecular weight is 373 g/mol. The Morgan fingerprint density at radius 3 is 2.41 bits per heavy atom. The minimum atomic E-state index is -0.636. The molecule has 0 aromatic rings. The van der Waals surface area contributed by atoms with Crippen molar-refractivity contribution in [2.75, 3.05) is 20.8 Å². The van der Waals surface area contributed by atoms with Gasteiger partial charge >= 0.3 is 0 Å². The van der Waals surface area contributed by atoms with Crippen LogP contribution in [0.3, 0.4) is 0 Å². The summed E-state index contributed by atoms with van der Waals surface area (Å²) in [6.07, 6.45) is 9.64. The van der Waals surface area contributed by atoms with E-state index in [1.54, 1.807) is 20.3 Å². The van der Waals surface area contributed by atoms with Gasteiger partial charge in [-0.05, 0) is 66.5 Å². The van der Waals surface area contributed by atoms with Crippen molar-refractivity contribution in [1.29, 1.82) is 0 Å². The zero-order valence-electron chi connectivity index (χ0n) is 17.2. The summed E-state index contributed by atoms with van der Waals surface area (Å²) in [7, 11) is 3.27. The van der Waals surface area contributed by atoms with Crippen LogP contribution in [-0.4, -0.2) is 20.8 Å². The molecule has 0 aliphatic heterocycles. The summed E-state index contributed by atoms with van der Waals surface area (Å²) in [5, 5.41) is 0. The molecule has 2 nitrogen and oxygen atoms in total. The fraction of sp³-hybridized carbons (Fsp3) is 0.417. The first-order chi connectivity index (χ1) is 12.7. The van der Waals surface area contributed by atoms with E-state index in [1.165, 1.54) is 0 Å². The quantitative estimate of drug-likeness (QED) is 0.230. The Hall–Kier alpha value is -2.13. The molecule has 27 heavy (non-hydrogen) atoms. The van der Waals surface area contributed by atoms with E-state index in [4.69, 9.17) is 9.47 Å². The third-order valence-electron chi connectivity index (χ3n) is 5.04. The third-order valence-corrected chi connectivity index (χ3v) is 5.04. The molecule has 148 valence electrons. The van der Waals surface area contributed by atoms with E-state index >= 15 is 0 Å². The van der Waals surface area contributed by atoms with Crippen LogP contribution in [-0.2, 0) is 9.47 Å². The molecule has 0 heterocycles. The first kappa shape index (κ1) is 22.9. The summed E-state index contributed by atoms with van der Waals surface area (Å²) in [5.74, 6) is 0.717. The molecule has 1 unspecified atom stereocenters. The normalized spacial score (nSPS) is 22.6. The molecule has 0 radical (unpaired) electrons. The van der Waals surface area contributed by atoms with E-state index in [-0.39, 0.29) is 11.7 Å². The molecule has 1 aliphatic carbocycles. The highest BCUT2D eigenvalue weighted by molar-refractivity contribution is 5.48. The fourth-order valence-electron chi connectivity index (χ4n) is 3.14. The van der Waals surface area contributed by atoms with Gasteiger partial charge < -0.3 is 9.47 Å². The van der Waals surface area contributed by atoms with E-state index in [1.807, 2.05) is 32.1 Å². The van der Waals surface area contributed by atoms with Gasteiger partial charge in [-0.1, -0.05) is 45.4 Å². The highest BCUT2D eigenvalue weighted by atomic mass is 19.1. The Morgan fingerprint density at radius 2 is 1.89 bits per heavy atom. The Labute approximate surface area is 164 Å². The van der Waals surface area contributed by atoms with Gasteiger partial charge in [-0.15, -0.1) is 0 Å². The van der Waals surface area contributed by atoms with Crippen LogP contribution >= 0.6 is 0 Å². The van der Waals surface area contributed by atoms with Crippen LogP contribution in [0.5, 0.6) is 0 Å². The van der Waals surface area contributed by atoms with Gasteiger partial charge in [0.05, 0.1) is 7.11 Å². The predicted molar refractivity (Wildman–Crippen MR) is 113 cm³/mol. The molecule has 0 saturated heterocycles. The number of methoxy groups -OCH3 is 2. The van der Waals surface area contributed by atoms with Crippen molar-refractivity contribution in [2.45, 2.75) is 33.1 Å². The van der Waals surface area contributed by atoms with Crippen LogP contribution < -0.4 is 0 Å². The number of hydrogen-bond donors (Lipinski definition) is 0. The second-order valence-electron chi connectivity index (χ2n) is 7.33.